The van der Waals surface area contributed by atoms with E-state index < -0.39 is 17.2 Å². The number of hydrogen-bond acceptors (Lipinski definition) is 5. The second-order valence-electron chi connectivity index (χ2n) is 8.31. The minimum absolute atomic E-state index is 0. The summed E-state index contributed by atoms with van der Waals surface area (Å²) < 4.78 is 10.8. The Morgan fingerprint density at radius 1 is 1.25 bits per heavy atom. The van der Waals surface area contributed by atoms with E-state index in [1.807, 2.05) is 60.8 Å². The molecule has 9 heteroatoms. The summed E-state index contributed by atoms with van der Waals surface area (Å²) in [5, 5.41) is 9.40. The predicted molar refractivity (Wildman–Crippen MR) is 123 cm³/mol. The van der Waals surface area contributed by atoms with Crippen molar-refractivity contribution < 1.29 is 13.9 Å². The second-order valence-corrected chi connectivity index (χ2v) is 8.31. The van der Waals surface area contributed by atoms with Crippen molar-refractivity contribution in [2.24, 2.45) is 4.99 Å². The van der Waals surface area contributed by atoms with E-state index in [1.165, 1.54) is 0 Å². The molecule has 0 aliphatic rings. The highest BCUT2D eigenvalue weighted by Gasteiger charge is 2.25. The number of amides is 1. The zero-order chi connectivity index (χ0) is 20.7. The molecule has 28 heavy (non-hydrogen) atoms. The number of rotatable bonds is 7. The molecule has 1 aromatic heterocycles. The van der Waals surface area contributed by atoms with E-state index in [4.69, 9.17) is 9.15 Å². The minimum atomic E-state index is -0.530. The van der Waals surface area contributed by atoms with Crippen LogP contribution in [0.2, 0.25) is 0 Å². The molecule has 1 rings (SSSR count). The number of furan rings is 1. The second kappa shape index (κ2) is 11.5. The van der Waals surface area contributed by atoms with Gasteiger partial charge in [0.25, 0.3) is 0 Å². The number of carbonyl (C=O) groups excluding carboxylic acids is 1. The van der Waals surface area contributed by atoms with E-state index in [-0.39, 0.29) is 30.0 Å². The molecule has 0 bridgehead atoms. The van der Waals surface area contributed by atoms with E-state index in [0.717, 1.165) is 5.76 Å². The molecule has 0 saturated heterocycles. The Hall–Kier alpha value is -1.49. The average molecular weight is 509 g/mol. The van der Waals surface area contributed by atoms with Crippen LogP contribution in [0.15, 0.2) is 27.8 Å². The molecule has 0 radical (unpaired) electrons. The Balaban J connectivity index is 0.00000729. The highest BCUT2D eigenvalue weighted by Crippen LogP contribution is 2.17. The summed E-state index contributed by atoms with van der Waals surface area (Å²) in [5.41, 5.74) is -1.04. The van der Waals surface area contributed by atoms with Crippen molar-refractivity contribution in [2.75, 3.05) is 34.2 Å². The van der Waals surface area contributed by atoms with Crippen molar-refractivity contribution in [1.82, 2.24) is 20.9 Å². The number of nitrogens with one attached hydrogen (secondary N) is 3. The maximum absolute atomic E-state index is 12.0. The molecule has 8 nitrogen and oxygen atoms in total. The molecule has 1 unspecified atom stereocenters. The van der Waals surface area contributed by atoms with Crippen LogP contribution in [0.4, 0.5) is 4.79 Å². The number of alkyl carbamates (subject to hydrolysis) is 1. The van der Waals surface area contributed by atoms with Gasteiger partial charge in [-0.3, -0.25) is 9.89 Å². The fourth-order valence-corrected chi connectivity index (χ4v) is 2.36. The number of nitrogens with zero attached hydrogens (tertiary/aromatic N) is 2. The van der Waals surface area contributed by atoms with Gasteiger partial charge in [-0.05, 0) is 60.8 Å². The molecule has 1 aromatic rings. The Morgan fingerprint density at radius 3 is 2.36 bits per heavy atom. The summed E-state index contributed by atoms with van der Waals surface area (Å²) in [6.07, 6.45) is 1.23. The number of halogens is 1. The van der Waals surface area contributed by atoms with Crippen LogP contribution in [-0.2, 0) is 4.74 Å². The summed E-state index contributed by atoms with van der Waals surface area (Å²) in [4.78, 5) is 18.3. The molecule has 162 valence electrons. The number of guanidine groups is 1. The van der Waals surface area contributed by atoms with Crippen LogP contribution in [0.5, 0.6) is 0 Å². The first-order valence-corrected chi connectivity index (χ1v) is 9.09. The van der Waals surface area contributed by atoms with Crippen LogP contribution < -0.4 is 16.0 Å². The van der Waals surface area contributed by atoms with Gasteiger partial charge in [0.05, 0.1) is 17.8 Å². The van der Waals surface area contributed by atoms with Gasteiger partial charge in [-0.15, -0.1) is 24.0 Å². The normalized spacial score (nSPS) is 13.5. The fourth-order valence-electron chi connectivity index (χ4n) is 2.36. The Kier molecular flexibility index (Phi) is 10.9. The van der Waals surface area contributed by atoms with Crippen molar-refractivity contribution >= 4 is 36.0 Å². The summed E-state index contributed by atoms with van der Waals surface area (Å²) in [6.45, 7) is 10.5. The monoisotopic (exact) mass is 509 g/mol. The van der Waals surface area contributed by atoms with Gasteiger partial charge in [0.2, 0.25) is 0 Å². The van der Waals surface area contributed by atoms with E-state index >= 15 is 0 Å². The van der Waals surface area contributed by atoms with Crippen molar-refractivity contribution in [1.29, 1.82) is 0 Å². The van der Waals surface area contributed by atoms with E-state index in [1.54, 1.807) is 13.3 Å². The average Bonchev–Trinajstić information content (AvgIpc) is 3.01. The lowest BCUT2D eigenvalue weighted by Gasteiger charge is -2.30. The zero-order valence-corrected chi connectivity index (χ0v) is 20.6. The molecule has 1 atom stereocenters. The molecule has 0 saturated carbocycles. The van der Waals surface area contributed by atoms with Crippen molar-refractivity contribution in [3.05, 3.63) is 24.2 Å². The van der Waals surface area contributed by atoms with E-state index in [0.29, 0.717) is 19.0 Å². The molecule has 1 heterocycles. The first kappa shape index (κ1) is 26.5. The van der Waals surface area contributed by atoms with E-state index in [9.17, 15) is 4.79 Å². The molecule has 0 spiro atoms. The fraction of sp³-hybridized carbons (Fsp3) is 0.684. The summed E-state index contributed by atoms with van der Waals surface area (Å²) in [6, 6.07) is 3.91. The van der Waals surface area contributed by atoms with Gasteiger partial charge >= 0.3 is 6.09 Å². The minimum Gasteiger partial charge on any atom is -0.468 e. The number of ether oxygens (including phenoxy) is 1. The third kappa shape index (κ3) is 10.2. The van der Waals surface area contributed by atoms with Crippen molar-refractivity contribution in [3.63, 3.8) is 0 Å². The first-order chi connectivity index (χ1) is 12.4. The summed E-state index contributed by atoms with van der Waals surface area (Å²) in [7, 11) is 5.71. The zero-order valence-electron chi connectivity index (χ0n) is 18.3. The SMILES string of the molecule is CN=C(NCC(c1ccco1)N(C)C)NCC(C)(C)NC(=O)OC(C)(C)C.I. The maximum atomic E-state index is 12.0. The molecule has 0 aliphatic heterocycles. The lowest BCUT2D eigenvalue weighted by molar-refractivity contribution is 0.0474. The highest BCUT2D eigenvalue weighted by atomic mass is 127. The van der Waals surface area contributed by atoms with Gasteiger partial charge in [-0.1, -0.05) is 0 Å². The van der Waals surface area contributed by atoms with Crippen LogP contribution in [0.25, 0.3) is 0 Å². The van der Waals surface area contributed by atoms with Gasteiger partial charge in [-0.25, -0.2) is 4.79 Å². The third-order valence-electron chi connectivity index (χ3n) is 3.72. The Morgan fingerprint density at radius 2 is 1.89 bits per heavy atom. The molecular formula is C19H36IN5O3. The van der Waals surface area contributed by atoms with Crippen LogP contribution in [-0.4, -0.2) is 62.3 Å². The number of likely N-dealkylation sites (N-methyl/N-ethyl adjacent to an activating group) is 1. The largest absolute Gasteiger partial charge is 0.468 e. The topological polar surface area (TPSA) is 91.1 Å². The third-order valence-corrected chi connectivity index (χ3v) is 3.72. The quantitative estimate of drug-likeness (QED) is 0.298. The van der Waals surface area contributed by atoms with Crippen LogP contribution in [0.3, 0.4) is 0 Å². The highest BCUT2D eigenvalue weighted by molar-refractivity contribution is 14.0. The Bertz CT molecular complexity index is 610. The number of aliphatic imine (C=N–C) groups is 1. The van der Waals surface area contributed by atoms with Crippen LogP contribution in [0.1, 0.15) is 46.4 Å². The van der Waals surface area contributed by atoms with Gasteiger partial charge in [0, 0.05) is 20.1 Å². The molecule has 1 amide bonds. The summed E-state index contributed by atoms with van der Waals surface area (Å²) >= 11 is 0. The molecule has 0 fully saturated rings. The van der Waals surface area contributed by atoms with Gasteiger partial charge in [0.15, 0.2) is 5.96 Å². The first-order valence-electron chi connectivity index (χ1n) is 9.09. The maximum Gasteiger partial charge on any atom is 0.408 e. The predicted octanol–water partition coefficient (Wildman–Crippen LogP) is 2.97. The summed E-state index contributed by atoms with van der Waals surface area (Å²) in [5.74, 6) is 1.53. The standard InChI is InChI=1S/C19H35N5O3.HI/c1-18(2,3)27-17(25)23-19(4,5)13-22-16(20-6)21-12-14(24(7)8)15-10-9-11-26-15;/h9-11,14H,12-13H2,1-8H3,(H,23,25)(H2,20,21,22);1H. The molecular weight excluding hydrogens is 473 g/mol. The van der Waals surface area contributed by atoms with Gasteiger partial charge in [0.1, 0.15) is 11.4 Å². The van der Waals surface area contributed by atoms with Gasteiger partial charge in [-0.2, -0.15) is 0 Å². The number of hydrogen-bond donors (Lipinski definition) is 3. The lowest BCUT2D eigenvalue weighted by atomic mass is 10.1. The smallest absolute Gasteiger partial charge is 0.408 e. The van der Waals surface area contributed by atoms with E-state index in [2.05, 4.69) is 25.8 Å². The van der Waals surface area contributed by atoms with Crippen molar-refractivity contribution in [2.45, 2.75) is 51.8 Å². The number of carbonyl (C=O) groups is 1. The Labute approximate surface area is 185 Å². The van der Waals surface area contributed by atoms with Crippen molar-refractivity contribution in [3.8, 4) is 0 Å². The van der Waals surface area contributed by atoms with Crippen LogP contribution in [0, 0.1) is 0 Å². The lowest BCUT2D eigenvalue weighted by Crippen LogP contribution is -2.54. The molecule has 0 aromatic carbocycles. The van der Waals surface area contributed by atoms with Crippen LogP contribution >= 0.6 is 24.0 Å². The molecule has 3 N–H and O–H groups in total. The molecule has 0 aliphatic carbocycles. The van der Waals surface area contributed by atoms with Gasteiger partial charge < -0.3 is 25.1 Å².